The second-order valence-corrected chi connectivity index (χ2v) is 20.5. The Morgan fingerprint density at radius 3 is 1.72 bits per heavy atom. The zero-order valence-electron chi connectivity index (χ0n) is 37.1. The number of nitrogens with zero attached hydrogens (tertiary/aromatic N) is 3. The molecule has 0 atom stereocenters. The summed E-state index contributed by atoms with van der Waals surface area (Å²) >= 11 is 0. The first-order valence-corrected chi connectivity index (χ1v) is 22.9. The van der Waals surface area contributed by atoms with Crippen LogP contribution in [0.1, 0.15) is 52.7 Å². The van der Waals surface area contributed by atoms with Crippen LogP contribution < -0.4 is 21.3 Å². The summed E-state index contributed by atoms with van der Waals surface area (Å²) in [6, 6.07) is 65.2. The lowest BCUT2D eigenvalue weighted by molar-refractivity contribution is 0.590. The third-order valence-electron chi connectivity index (χ3n) is 14.9. The van der Waals surface area contributed by atoms with E-state index in [1.54, 1.807) is 0 Å². The highest BCUT2D eigenvalue weighted by atomic mass is 15.2. The highest BCUT2D eigenvalue weighted by molar-refractivity contribution is 7.00. The average Bonchev–Trinajstić information content (AvgIpc) is 3.79. The topological polar surface area (TPSA) is 13.1 Å². The summed E-state index contributed by atoms with van der Waals surface area (Å²) in [7, 11) is 0. The van der Waals surface area contributed by atoms with E-state index < -0.39 is 0 Å². The molecule has 1 aliphatic carbocycles. The first kappa shape index (κ1) is 36.2. The third kappa shape index (κ3) is 4.62. The van der Waals surface area contributed by atoms with Crippen molar-refractivity contribution in [1.82, 2.24) is 9.13 Å². The number of benzene rings is 9. The minimum atomic E-state index is -0.0295. The van der Waals surface area contributed by atoms with E-state index in [9.17, 15) is 0 Å². The lowest BCUT2D eigenvalue weighted by Gasteiger charge is -2.41. The lowest BCUT2D eigenvalue weighted by atomic mass is 9.33. The highest BCUT2D eigenvalue weighted by Gasteiger charge is 2.44. The maximum atomic E-state index is 2.67. The number of aromatic nitrogens is 2. The Hall–Kier alpha value is -7.30. The monoisotopic (exact) mass is 819 g/mol. The fraction of sp³-hybridized carbons (Fsp3) is 0.133. The van der Waals surface area contributed by atoms with Gasteiger partial charge in [0.2, 0.25) is 0 Å². The number of hydrogen-bond donors (Lipinski definition) is 0. The lowest BCUT2D eigenvalue weighted by Crippen LogP contribution is -2.60. The van der Waals surface area contributed by atoms with Gasteiger partial charge in [0.05, 0.1) is 27.8 Å². The fourth-order valence-corrected chi connectivity index (χ4v) is 12.0. The van der Waals surface area contributed by atoms with Gasteiger partial charge < -0.3 is 14.0 Å². The molecule has 14 rings (SSSR count). The first-order chi connectivity index (χ1) is 31.0. The van der Waals surface area contributed by atoms with Gasteiger partial charge in [0, 0.05) is 44.3 Å². The van der Waals surface area contributed by atoms with Gasteiger partial charge in [0.25, 0.3) is 6.71 Å². The molecule has 0 radical (unpaired) electrons. The molecule has 2 aliphatic heterocycles. The van der Waals surface area contributed by atoms with Crippen molar-refractivity contribution in [2.45, 2.75) is 52.4 Å². The molecule has 64 heavy (non-hydrogen) atoms. The van der Waals surface area contributed by atoms with Crippen LogP contribution in [0.3, 0.4) is 0 Å². The Labute approximate surface area is 373 Å². The molecular weight excluding hydrogens is 773 g/mol. The fourth-order valence-electron chi connectivity index (χ4n) is 12.0. The summed E-state index contributed by atoms with van der Waals surface area (Å²) in [5, 5.41) is 7.86. The van der Waals surface area contributed by atoms with Crippen molar-refractivity contribution in [2.24, 2.45) is 0 Å². The van der Waals surface area contributed by atoms with E-state index in [1.165, 1.54) is 127 Å². The van der Waals surface area contributed by atoms with Crippen LogP contribution >= 0.6 is 0 Å². The van der Waals surface area contributed by atoms with Crippen molar-refractivity contribution in [2.75, 3.05) is 4.90 Å². The van der Waals surface area contributed by atoms with Crippen molar-refractivity contribution in [3.63, 3.8) is 0 Å². The Morgan fingerprint density at radius 2 is 1.02 bits per heavy atom. The quantitative estimate of drug-likeness (QED) is 0.158. The van der Waals surface area contributed by atoms with Crippen LogP contribution in [-0.4, -0.2) is 15.8 Å². The van der Waals surface area contributed by atoms with Gasteiger partial charge in [-0.25, -0.2) is 0 Å². The smallest absolute Gasteiger partial charge is 0.252 e. The summed E-state index contributed by atoms with van der Waals surface area (Å²) in [4.78, 5) is 2.58. The van der Waals surface area contributed by atoms with Crippen molar-refractivity contribution < 1.29 is 0 Å². The van der Waals surface area contributed by atoms with E-state index in [-0.39, 0.29) is 17.5 Å². The van der Waals surface area contributed by atoms with Gasteiger partial charge in [-0.2, -0.15) is 0 Å². The van der Waals surface area contributed by atoms with Gasteiger partial charge in [-0.15, -0.1) is 0 Å². The second-order valence-electron chi connectivity index (χ2n) is 20.5. The maximum absolute atomic E-state index is 2.67. The van der Waals surface area contributed by atoms with Crippen LogP contribution in [-0.2, 0) is 10.8 Å². The van der Waals surface area contributed by atoms with Gasteiger partial charge in [0.15, 0.2) is 0 Å². The molecule has 9 aromatic carbocycles. The molecule has 3 nitrogen and oxygen atoms in total. The van der Waals surface area contributed by atoms with Crippen molar-refractivity contribution in [3.05, 3.63) is 181 Å². The van der Waals surface area contributed by atoms with Crippen LogP contribution in [0.25, 0.3) is 88.0 Å². The van der Waals surface area contributed by atoms with Gasteiger partial charge in [-0.1, -0.05) is 163 Å². The number of hydrogen-bond acceptors (Lipinski definition) is 1. The molecule has 0 amide bonds. The zero-order valence-corrected chi connectivity index (χ0v) is 37.1. The SMILES string of the molecule is CC(C)(C)c1ccc(N2c3ccc(C(C)(C)C)cc3B3c4c2cc(-n2c5ccccc5c5ccccc52)cc4-n2c4ccc5cccc6c5c4c4c(ccc3c42)-c2ccccc2-6)cc1. The standard InChI is InChI=1S/C60H46BN3/c1-59(2,3)36-23-26-38(27-24-36)62-50-31-25-37(60(4,5)6)32-47(50)61-46-29-28-45-41-16-8-7-15-40(41)44-19-13-14-35-22-30-51-56(54(35)44)55(45)58(46)64(51)53-34-39(33-52(62)57(53)61)63-48-20-11-9-17-42(48)43-18-10-12-21-49(43)63/h7-34H,1-6H3. The van der Waals surface area contributed by atoms with Crippen molar-refractivity contribution in [3.8, 4) is 33.6 Å². The molecule has 2 aromatic heterocycles. The van der Waals surface area contributed by atoms with Crippen molar-refractivity contribution in [1.29, 1.82) is 0 Å². The summed E-state index contributed by atoms with van der Waals surface area (Å²) in [6.45, 7) is 14.0. The van der Waals surface area contributed by atoms with Crippen LogP contribution in [0.2, 0.25) is 0 Å². The van der Waals surface area contributed by atoms with Gasteiger partial charge in [-0.05, 0) is 120 Å². The number of fused-ring (bicyclic) bond motifs is 11. The van der Waals surface area contributed by atoms with Crippen LogP contribution in [0.5, 0.6) is 0 Å². The highest BCUT2D eigenvalue weighted by Crippen LogP contribution is 2.51. The van der Waals surface area contributed by atoms with E-state index in [1.807, 2.05) is 0 Å². The minimum Gasteiger partial charge on any atom is -0.311 e. The molecule has 4 heteroatoms. The van der Waals surface area contributed by atoms with E-state index in [4.69, 9.17) is 0 Å². The minimum absolute atomic E-state index is 0.00897. The molecule has 0 saturated heterocycles. The molecule has 0 unspecified atom stereocenters. The van der Waals surface area contributed by atoms with Gasteiger partial charge >= 0.3 is 0 Å². The molecule has 0 spiro atoms. The molecule has 4 heterocycles. The van der Waals surface area contributed by atoms with E-state index in [0.717, 1.165) is 5.69 Å². The third-order valence-corrected chi connectivity index (χ3v) is 14.9. The van der Waals surface area contributed by atoms with Crippen LogP contribution in [0.4, 0.5) is 17.1 Å². The molecule has 0 fully saturated rings. The van der Waals surface area contributed by atoms with Crippen molar-refractivity contribution >= 4 is 94.5 Å². The number of rotatable bonds is 2. The summed E-state index contributed by atoms with van der Waals surface area (Å²) in [5.41, 5.74) is 23.0. The molecule has 0 bridgehead atoms. The Balaban J connectivity index is 1.19. The Morgan fingerprint density at radius 1 is 0.391 bits per heavy atom. The van der Waals surface area contributed by atoms with E-state index in [0.29, 0.717) is 0 Å². The van der Waals surface area contributed by atoms with Crippen LogP contribution in [0.15, 0.2) is 170 Å². The molecule has 3 aliphatic rings. The molecular formula is C60H46BN3. The van der Waals surface area contributed by atoms with Crippen LogP contribution in [0, 0.1) is 0 Å². The molecule has 0 N–H and O–H groups in total. The molecule has 0 saturated carbocycles. The number of anilines is 3. The normalized spacial score (nSPS) is 13.7. The summed E-state index contributed by atoms with van der Waals surface area (Å²) in [5.74, 6) is 0. The van der Waals surface area contributed by atoms with Gasteiger partial charge in [-0.3, -0.25) is 0 Å². The van der Waals surface area contributed by atoms with E-state index >= 15 is 0 Å². The maximum Gasteiger partial charge on any atom is 0.252 e. The predicted octanol–water partition coefficient (Wildman–Crippen LogP) is 13.9. The average molecular weight is 820 g/mol. The molecule has 11 aromatic rings. The number of para-hydroxylation sites is 2. The Bertz CT molecular complexity index is 3810. The predicted molar refractivity (Wildman–Crippen MR) is 274 cm³/mol. The largest absolute Gasteiger partial charge is 0.311 e. The zero-order chi connectivity index (χ0) is 43.0. The summed E-state index contributed by atoms with van der Waals surface area (Å²) < 4.78 is 5.18. The first-order valence-electron chi connectivity index (χ1n) is 22.9. The van der Waals surface area contributed by atoms with E-state index in [2.05, 4.69) is 225 Å². The Kier molecular flexibility index (Phi) is 6.93. The van der Waals surface area contributed by atoms with Gasteiger partial charge in [0.1, 0.15) is 0 Å². The second kappa shape index (κ2) is 12.2. The summed E-state index contributed by atoms with van der Waals surface area (Å²) in [6.07, 6.45) is 0. The molecule has 304 valence electrons.